The fraction of sp³-hybridized carbons (Fsp3) is 0.417. The molecule has 0 aromatic heterocycles. The van der Waals surface area contributed by atoms with Gasteiger partial charge in [-0.25, -0.2) is 0 Å². The molecule has 92 valence electrons. The molecule has 1 aliphatic rings. The van der Waals surface area contributed by atoms with Crippen LogP contribution in [0.2, 0.25) is 0 Å². The van der Waals surface area contributed by atoms with Gasteiger partial charge in [-0.2, -0.15) is 0 Å². The molecule has 0 radical (unpaired) electrons. The molecule has 3 N–H and O–H groups in total. The van der Waals surface area contributed by atoms with E-state index in [4.69, 9.17) is 20.3 Å². The summed E-state index contributed by atoms with van der Waals surface area (Å²) in [5.41, 5.74) is 7.29. The van der Waals surface area contributed by atoms with Crippen LogP contribution in [0.4, 0.5) is 0 Å². The van der Waals surface area contributed by atoms with Gasteiger partial charge in [0.15, 0.2) is 11.5 Å². The lowest BCUT2D eigenvalue weighted by molar-refractivity contribution is -0.138. The molecule has 0 fully saturated rings. The van der Waals surface area contributed by atoms with Crippen molar-refractivity contribution in [2.24, 2.45) is 5.73 Å². The molecule has 17 heavy (non-hydrogen) atoms. The summed E-state index contributed by atoms with van der Waals surface area (Å²) >= 11 is 0. The Morgan fingerprint density at radius 2 is 2.18 bits per heavy atom. The van der Waals surface area contributed by atoms with Gasteiger partial charge >= 0.3 is 5.97 Å². The monoisotopic (exact) mass is 237 g/mol. The summed E-state index contributed by atoms with van der Waals surface area (Å²) in [7, 11) is 0. The standard InChI is InChI=1S/C12H15NO4/c1-7-4-8(5-9(13)12(14)15)6-10-11(7)17-3-2-16-10/h4,6,9H,2-3,5,13H2,1H3,(H,14,15). The zero-order valence-electron chi connectivity index (χ0n) is 9.60. The Bertz CT molecular complexity index is 444. The summed E-state index contributed by atoms with van der Waals surface area (Å²) in [6.07, 6.45) is 0.285. The van der Waals surface area contributed by atoms with Crippen molar-refractivity contribution >= 4 is 5.97 Å². The van der Waals surface area contributed by atoms with E-state index in [-0.39, 0.29) is 6.42 Å². The maximum atomic E-state index is 10.7. The number of aryl methyl sites for hydroxylation is 1. The molecule has 1 aromatic rings. The fourth-order valence-electron chi connectivity index (χ4n) is 1.86. The number of carboxylic acid groups (broad SMARTS) is 1. The molecule has 0 amide bonds. The molecule has 0 bridgehead atoms. The first-order valence-electron chi connectivity index (χ1n) is 5.45. The van der Waals surface area contributed by atoms with E-state index in [0.717, 1.165) is 16.9 Å². The first-order valence-corrected chi connectivity index (χ1v) is 5.45. The molecule has 0 spiro atoms. The zero-order valence-corrected chi connectivity index (χ0v) is 9.60. The number of hydrogen-bond donors (Lipinski definition) is 2. The van der Waals surface area contributed by atoms with E-state index in [0.29, 0.717) is 19.0 Å². The highest BCUT2D eigenvalue weighted by molar-refractivity contribution is 5.73. The molecule has 1 aliphatic heterocycles. The zero-order chi connectivity index (χ0) is 12.4. The first-order chi connectivity index (χ1) is 8.08. The number of ether oxygens (including phenoxy) is 2. The molecule has 2 rings (SSSR count). The third-order valence-electron chi connectivity index (χ3n) is 2.66. The average molecular weight is 237 g/mol. The van der Waals surface area contributed by atoms with Crippen LogP contribution in [0.5, 0.6) is 11.5 Å². The lowest BCUT2D eigenvalue weighted by Crippen LogP contribution is -2.32. The Labute approximate surface area is 99.1 Å². The van der Waals surface area contributed by atoms with Crippen LogP contribution >= 0.6 is 0 Å². The van der Waals surface area contributed by atoms with Gasteiger partial charge < -0.3 is 20.3 Å². The summed E-state index contributed by atoms with van der Waals surface area (Å²) in [4.78, 5) is 10.7. The molecule has 5 heteroatoms. The number of aliphatic carboxylic acids is 1. The van der Waals surface area contributed by atoms with E-state index in [1.807, 2.05) is 13.0 Å². The maximum absolute atomic E-state index is 10.7. The molecule has 0 saturated heterocycles. The molecule has 1 unspecified atom stereocenters. The summed E-state index contributed by atoms with van der Waals surface area (Å²) in [6, 6.07) is 2.79. The van der Waals surface area contributed by atoms with Gasteiger partial charge in [-0.05, 0) is 30.5 Å². The lowest BCUT2D eigenvalue weighted by Gasteiger charge is -2.21. The lowest BCUT2D eigenvalue weighted by atomic mass is 10.0. The predicted molar refractivity (Wildman–Crippen MR) is 61.5 cm³/mol. The van der Waals surface area contributed by atoms with Gasteiger partial charge in [0, 0.05) is 0 Å². The minimum absolute atomic E-state index is 0.285. The normalized spacial score (nSPS) is 15.4. The van der Waals surface area contributed by atoms with E-state index in [1.54, 1.807) is 6.07 Å². The summed E-state index contributed by atoms with van der Waals surface area (Å²) in [5, 5.41) is 8.77. The van der Waals surface area contributed by atoms with E-state index in [9.17, 15) is 4.79 Å². The summed E-state index contributed by atoms with van der Waals surface area (Å²) < 4.78 is 11.0. The molecule has 0 aliphatic carbocycles. The SMILES string of the molecule is Cc1cc(CC(N)C(=O)O)cc2c1OCCO2. The number of nitrogens with two attached hydrogens (primary N) is 1. The van der Waals surface area contributed by atoms with Crippen LogP contribution < -0.4 is 15.2 Å². The largest absolute Gasteiger partial charge is 0.486 e. The second-order valence-electron chi connectivity index (χ2n) is 4.09. The van der Waals surface area contributed by atoms with E-state index < -0.39 is 12.0 Å². The van der Waals surface area contributed by atoms with Gasteiger partial charge in [-0.15, -0.1) is 0 Å². The minimum atomic E-state index is -1.00. The van der Waals surface area contributed by atoms with Crippen molar-refractivity contribution in [2.75, 3.05) is 13.2 Å². The topological polar surface area (TPSA) is 81.8 Å². The van der Waals surface area contributed by atoms with E-state index in [1.165, 1.54) is 0 Å². The highest BCUT2D eigenvalue weighted by Gasteiger charge is 2.18. The van der Waals surface area contributed by atoms with Gasteiger partial charge in [0.05, 0.1) is 0 Å². The number of rotatable bonds is 3. The number of carbonyl (C=O) groups is 1. The van der Waals surface area contributed by atoms with Gasteiger partial charge in [0.1, 0.15) is 19.3 Å². The number of benzene rings is 1. The van der Waals surface area contributed by atoms with Gasteiger partial charge in [0.2, 0.25) is 0 Å². The van der Waals surface area contributed by atoms with E-state index >= 15 is 0 Å². The second-order valence-corrected chi connectivity index (χ2v) is 4.09. The second kappa shape index (κ2) is 4.63. The Morgan fingerprint density at radius 1 is 1.47 bits per heavy atom. The number of carboxylic acids is 1. The Balaban J connectivity index is 2.25. The van der Waals surface area contributed by atoms with Crippen molar-refractivity contribution < 1.29 is 19.4 Å². The van der Waals surface area contributed by atoms with Crippen molar-refractivity contribution in [1.82, 2.24) is 0 Å². The molecular weight excluding hydrogens is 222 g/mol. The summed E-state index contributed by atoms with van der Waals surface area (Å²) in [6.45, 7) is 2.96. The highest BCUT2D eigenvalue weighted by atomic mass is 16.6. The van der Waals surface area contributed by atoms with Crippen molar-refractivity contribution in [3.05, 3.63) is 23.3 Å². The molecule has 1 heterocycles. The van der Waals surface area contributed by atoms with Gasteiger partial charge in [0.25, 0.3) is 0 Å². The maximum Gasteiger partial charge on any atom is 0.320 e. The third kappa shape index (κ3) is 2.50. The van der Waals surface area contributed by atoms with Gasteiger partial charge in [-0.3, -0.25) is 4.79 Å². The van der Waals surface area contributed by atoms with Crippen LogP contribution in [-0.4, -0.2) is 30.3 Å². The van der Waals surface area contributed by atoms with Crippen molar-refractivity contribution in [3.63, 3.8) is 0 Å². The van der Waals surface area contributed by atoms with Crippen LogP contribution in [0, 0.1) is 6.92 Å². The minimum Gasteiger partial charge on any atom is -0.486 e. The van der Waals surface area contributed by atoms with Crippen LogP contribution in [0.1, 0.15) is 11.1 Å². The molecule has 1 aromatic carbocycles. The Hall–Kier alpha value is -1.75. The molecule has 5 nitrogen and oxygen atoms in total. The van der Waals surface area contributed by atoms with Crippen LogP contribution in [0.25, 0.3) is 0 Å². The molecule has 0 saturated carbocycles. The van der Waals surface area contributed by atoms with Crippen molar-refractivity contribution in [2.45, 2.75) is 19.4 Å². The van der Waals surface area contributed by atoms with Crippen LogP contribution in [0.15, 0.2) is 12.1 Å². The van der Waals surface area contributed by atoms with E-state index in [2.05, 4.69) is 0 Å². The fourth-order valence-corrected chi connectivity index (χ4v) is 1.86. The molecular formula is C12H15NO4. The number of hydrogen-bond acceptors (Lipinski definition) is 4. The van der Waals surface area contributed by atoms with Gasteiger partial charge in [-0.1, -0.05) is 6.07 Å². The predicted octanol–water partition coefficient (Wildman–Crippen LogP) is 0.721. The highest BCUT2D eigenvalue weighted by Crippen LogP contribution is 2.34. The molecule has 1 atom stereocenters. The quantitative estimate of drug-likeness (QED) is 0.809. The van der Waals surface area contributed by atoms with Crippen molar-refractivity contribution in [3.8, 4) is 11.5 Å². The first kappa shape index (κ1) is 11.7. The smallest absolute Gasteiger partial charge is 0.320 e. The Morgan fingerprint density at radius 3 is 2.88 bits per heavy atom. The van der Waals surface area contributed by atoms with Crippen LogP contribution in [0.3, 0.4) is 0 Å². The number of fused-ring (bicyclic) bond motifs is 1. The summed E-state index contributed by atoms with van der Waals surface area (Å²) in [5.74, 6) is 0.408. The third-order valence-corrected chi connectivity index (χ3v) is 2.66. The van der Waals surface area contributed by atoms with Crippen LogP contribution in [-0.2, 0) is 11.2 Å². The Kier molecular flexibility index (Phi) is 3.19. The van der Waals surface area contributed by atoms with Crippen molar-refractivity contribution in [1.29, 1.82) is 0 Å². The average Bonchev–Trinajstić information content (AvgIpc) is 2.29.